The highest BCUT2D eigenvalue weighted by Crippen LogP contribution is 2.34. The maximum absolute atomic E-state index is 6.03. The molecular weight excluding hydrogens is 250 g/mol. The first-order valence-corrected chi connectivity index (χ1v) is 7.40. The van der Waals surface area contributed by atoms with E-state index in [0.29, 0.717) is 5.92 Å². The Morgan fingerprint density at radius 1 is 1.25 bits per heavy atom. The molecule has 1 N–H and O–H groups in total. The molecule has 0 aliphatic carbocycles. The highest BCUT2D eigenvalue weighted by atomic mass is 16.5. The standard InChI is InChI=1S/C17H29NO2/c1-7-18-11-13(2)12-20-16-9-8-14(19-6)10-15(16)17(3,4)5/h8-10,13,18H,7,11-12H2,1-6H3. The molecule has 1 rings (SSSR count). The van der Waals surface area contributed by atoms with Crippen molar-refractivity contribution in [2.75, 3.05) is 26.8 Å². The molecule has 0 spiro atoms. The van der Waals surface area contributed by atoms with Gasteiger partial charge in [-0.3, -0.25) is 0 Å². The van der Waals surface area contributed by atoms with Gasteiger partial charge in [-0.05, 0) is 30.2 Å². The lowest BCUT2D eigenvalue weighted by Gasteiger charge is -2.24. The van der Waals surface area contributed by atoms with Crippen molar-refractivity contribution >= 4 is 0 Å². The fourth-order valence-electron chi connectivity index (χ4n) is 2.03. The third-order valence-electron chi connectivity index (χ3n) is 3.26. The Kier molecular flexibility index (Phi) is 6.34. The fraction of sp³-hybridized carbons (Fsp3) is 0.647. The molecule has 1 unspecified atom stereocenters. The molecule has 0 bridgehead atoms. The van der Waals surface area contributed by atoms with Gasteiger partial charge in [0.05, 0.1) is 13.7 Å². The molecule has 0 amide bonds. The Bertz CT molecular complexity index is 410. The van der Waals surface area contributed by atoms with Crippen molar-refractivity contribution in [3.63, 3.8) is 0 Å². The smallest absolute Gasteiger partial charge is 0.123 e. The van der Waals surface area contributed by atoms with Crippen LogP contribution in [0.5, 0.6) is 11.5 Å². The van der Waals surface area contributed by atoms with Crippen LogP contribution >= 0.6 is 0 Å². The topological polar surface area (TPSA) is 30.5 Å². The molecule has 0 saturated carbocycles. The van der Waals surface area contributed by atoms with E-state index < -0.39 is 0 Å². The second kappa shape index (κ2) is 7.53. The SMILES string of the molecule is CCNCC(C)COc1ccc(OC)cc1C(C)(C)C. The summed E-state index contributed by atoms with van der Waals surface area (Å²) >= 11 is 0. The van der Waals surface area contributed by atoms with Crippen LogP contribution < -0.4 is 14.8 Å². The molecule has 0 aliphatic heterocycles. The average Bonchev–Trinajstić information content (AvgIpc) is 2.41. The van der Waals surface area contributed by atoms with Crippen molar-refractivity contribution in [2.45, 2.75) is 40.0 Å². The highest BCUT2D eigenvalue weighted by Gasteiger charge is 2.20. The maximum Gasteiger partial charge on any atom is 0.123 e. The summed E-state index contributed by atoms with van der Waals surface area (Å²) in [5.74, 6) is 2.33. The van der Waals surface area contributed by atoms with E-state index in [1.807, 2.05) is 12.1 Å². The van der Waals surface area contributed by atoms with Crippen LogP contribution in [0.2, 0.25) is 0 Å². The van der Waals surface area contributed by atoms with Crippen LogP contribution in [0.25, 0.3) is 0 Å². The molecule has 20 heavy (non-hydrogen) atoms. The largest absolute Gasteiger partial charge is 0.497 e. The first-order chi connectivity index (χ1) is 9.38. The predicted octanol–water partition coefficient (Wildman–Crippen LogP) is 3.62. The number of hydrogen-bond donors (Lipinski definition) is 1. The van der Waals surface area contributed by atoms with E-state index in [9.17, 15) is 0 Å². The van der Waals surface area contributed by atoms with Crippen LogP contribution in [-0.2, 0) is 5.41 Å². The highest BCUT2D eigenvalue weighted by molar-refractivity contribution is 5.44. The van der Waals surface area contributed by atoms with E-state index >= 15 is 0 Å². The van der Waals surface area contributed by atoms with Gasteiger partial charge in [0.1, 0.15) is 11.5 Å². The van der Waals surface area contributed by atoms with E-state index in [4.69, 9.17) is 9.47 Å². The van der Waals surface area contributed by atoms with Crippen molar-refractivity contribution in [3.8, 4) is 11.5 Å². The Labute approximate surface area is 123 Å². The molecule has 1 aromatic carbocycles. The Hall–Kier alpha value is -1.22. The minimum absolute atomic E-state index is 0.0365. The van der Waals surface area contributed by atoms with Crippen LogP contribution in [0.4, 0.5) is 0 Å². The molecule has 0 aromatic heterocycles. The fourth-order valence-corrected chi connectivity index (χ4v) is 2.03. The Morgan fingerprint density at radius 3 is 2.50 bits per heavy atom. The maximum atomic E-state index is 6.03. The summed E-state index contributed by atoms with van der Waals surface area (Å²) in [5.41, 5.74) is 1.22. The van der Waals surface area contributed by atoms with Crippen molar-refractivity contribution in [2.24, 2.45) is 5.92 Å². The number of benzene rings is 1. The average molecular weight is 279 g/mol. The number of nitrogens with one attached hydrogen (secondary N) is 1. The van der Waals surface area contributed by atoms with Crippen molar-refractivity contribution in [1.82, 2.24) is 5.32 Å². The van der Waals surface area contributed by atoms with E-state index in [0.717, 1.165) is 31.2 Å². The monoisotopic (exact) mass is 279 g/mol. The third-order valence-corrected chi connectivity index (χ3v) is 3.26. The van der Waals surface area contributed by atoms with Gasteiger partial charge in [0.15, 0.2) is 0 Å². The normalized spacial score (nSPS) is 13.1. The van der Waals surface area contributed by atoms with Gasteiger partial charge in [-0.15, -0.1) is 0 Å². The zero-order valence-corrected chi connectivity index (χ0v) is 13.7. The zero-order chi connectivity index (χ0) is 15.2. The lowest BCUT2D eigenvalue weighted by molar-refractivity contribution is 0.250. The summed E-state index contributed by atoms with van der Waals surface area (Å²) < 4.78 is 11.3. The molecule has 0 radical (unpaired) electrons. The summed E-state index contributed by atoms with van der Waals surface area (Å²) in [6, 6.07) is 6.04. The van der Waals surface area contributed by atoms with Gasteiger partial charge < -0.3 is 14.8 Å². The van der Waals surface area contributed by atoms with Crippen LogP contribution in [0.3, 0.4) is 0 Å². The van der Waals surface area contributed by atoms with Crippen molar-refractivity contribution < 1.29 is 9.47 Å². The van der Waals surface area contributed by atoms with Crippen LogP contribution in [-0.4, -0.2) is 26.8 Å². The van der Waals surface area contributed by atoms with E-state index in [1.54, 1.807) is 7.11 Å². The van der Waals surface area contributed by atoms with Crippen molar-refractivity contribution in [1.29, 1.82) is 0 Å². The molecule has 3 heteroatoms. The molecule has 0 saturated heterocycles. The summed E-state index contributed by atoms with van der Waals surface area (Å²) in [6.45, 7) is 13.6. The second-order valence-corrected chi connectivity index (χ2v) is 6.34. The lowest BCUT2D eigenvalue weighted by atomic mass is 9.86. The van der Waals surface area contributed by atoms with Gasteiger partial charge in [0.2, 0.25) is 0 Å². The number of hydrogen-bond acceptors (Lipinski definition) is 3. The minimum atomic E-state index is 0.0365. The first-order valence-electron chi connectivity index (χ1n) is 7.40. The zero-order valence-electron chi connectivity index (χ0n) is 13.7. The molecule has 0 fully saturated rings. The summed E-state index contributed by atoms with van der Waals surface area (Å²) in [7, 11) is 1.70. The summed E-state index contributed by atoms with van der Waals surface area (Å²) in [6.07, 6.45) is 0. The van der Waals surface area contributed by atoms with E-state index in [2.05, 4.69) is 46.0 Å². The van der Waals surface area contributed by atoms with Gasteiger partial charge in [0.25, 0.3) is 0 Å². The van der Waals surface area contributed by atoms with Crippen molar-refractivity contribution in [3.05, 3.63) is 23.8 Å². The van der Waals surface area contributed by atoms with Gasteiger partial charge >= 0.3 is 0 Å². The lowest BCUT2D eigenvalue weighted by Crippen LogP contribution is -2.25. The van der Waals surface area contributed by atoms with Gasteiger partial charge in [-0.25, -0.2) is 0 Å². The third kappa shape index (κ3) is 5.04. The van der Waals surface area contributed by atoms with Crippen LogP contribution in [0.1, 0.15) is 40.2 Å². The van der Waals surface area contributed by atoms with Crippen LogP contribution in [0, 0.1) is 5.92 Å². The Balaban J connectivity index is 2.79. The minimum Gasteiger partial charge on any atom is -0.497 e. The molecule has 3 nitrogen and oxygen atoms in total. The quantitative estimate of drug-likeness (QED) is 0.827. The van der Waals surface area contributed by atoms with Gasteiger partial charge in [-0.2, -0.15) is 0 Å². The number of ether oxygens (including phenoxy) is 2. The first kappa shape index (κ1) is 16.8. The molecular formula is C17H29NO2. The predicted molar refractivity (Wildman–Crippen MR) is 84.9 cm³/mol. The molecule has 0 aliphatic rings. The van der Waals surface area contributed by atoms with Gasteiger partial charge in [0, 0.05) is 18.0 Å². The second-order valence-electron chi connectivity index (χ2n) is 6.34. The van der Waals surface area contributed by atoms with Crippen LogP contribution in [0.15, 0.2) is 18.2 Å². The molecule has 114 valence electrons. The molecule has 1 atom stereocenters. The number of rotatable bonds is 7. The van der Waals surface area contributed by atoms with E-state index in [-0.39, 0.29) is 5.41 Å². The summed E-state index contributed by atoms with van der Waals surface area (Å²) in [5, 5.41) is 3.35. The number of methoxy groups -OCH3 is 1. The summed E-state index contributed by atoms with van der Waals surface area (Å²) in [4.78, 5) is 0. The van der Waals surface area contributed by atoms with E-state index in [1.165, 1.54) is 5.56 Å². The molecule has 1 aromatic rings. The van der Waals surface area contributed by atoms with Gasteiger partial charge in [-0.1, -0.05) is 34.6 Å². The Morgan fingerprint density at radius 2 is 1.95 bits per heavy atom. The molecule has 0 heterocycles.